The van der Waals surface area contributed by atoms with Crippen LogP contribution in [-0.2, 0) is 0 Å². The molecule has 0 amide bonds. The first-order valence-corrected chi connectivity index (χ1v) is 6.53. The first-order valence-electron chi connectivity index (χ1n) is 6.53. The van der Waals surface area contributed by atoms with Crippen LogP contribution in [0.5, 0.6) is 0 Å². The van der Waals surface area contributed by atoms with E-state index >= 15 is 0 Å². The van der Waals surface area contributed by atoms with Crippen LogP contribution in [-0.4, -0.2) is 0 Å². The van der Waals surface area contributed by atoms with E-state index in [1.165, 1.54) is 57.8 Å². The standard InChI is InChI=1S/C14H28/c1-4-7-9-10-11-13-14(6-3)12-8-5-2/h13H,4-12H2,1-3H3. The Balaban J connectivity index is 3.48. The first kappa shape index (κ1) is 13.7. The molecule has 0 fully saturated rings. The predicted molar refractivity (Wildman–Crippen MR) is 66.7 cm³/mol. The van der Waals surface area contributed by atoms with E-state index in [1.807, 2.05) is 0 Å². The summed E-state index contributed by atoms with van der Waals surface area (Å²) in [5, 5.41) is 0. The molecule has 0 unspecified atom stereocenters. The van der Waals surface area contributed by atoms with Crippen molar-refractivity contribution in [3.63, 3.8) is 0 Å². The van der Waals surface area contributed by atoms with E-state index in [0.29, 0.717) is 0 Å². The molecular formula is C14H28. The third kappa shape index (κ3) is 8.34. The van der Waals surface area contributed by atoms with Crippen LogP contribution in [0.3, 0.4) is 0 Å². The monoisotopic (exact) mass is 196 g/mol. The number of unbranched alkanes of at least 4 members (excludes halogenated alkanes) is 5. The molecule has 0 bridgehead atoms. The average Bonchev–Trinajstić information content (AvgIpc) is 2.22. The molecule has 14 heavy (non-hydrogen) atoms. The van der Waals surface area contributed by atoms with Crippen molar-refractivity contribution < 1.29 is 0 Å². The largest absolute Gasteiger partial charge is 0.0853 e. The molecule has 0 atom stereocenters. The molecule has 0 radical (unpaired) electrons. The molecule has 0 heterocycles. The molecule has 0 spiro atoms. The molecule has 0 aromatic rings. The molecule has 0 aromatic carbocycles. The van der Waals surface area contributed by atoms with Crippen molar-refractivity contribution in [2.24, 2.45) is 0 Å². The second-order valence-electron chi connectivity index (χ2n) is 4.17. The van der Waals surface area contributed by atoms with Gasteiger partial charge in [0.05, 0.1) is 0 Å². The predicted octanol–water partition coefficient (Wildman–Crippen LogP) is 5.48. The second kappa shape index (κ2) is 10.8. The van der Waals surface area contributed by atoms with Crippen LogP contribution in [0.15, 0.2) is 11.6 Å². The normalized spacial score (nSPS) is 12.1. The molecule has 0 N–H and O–H groups in total. The van der Waals surface area contributed by atoms with Crippen LogP contribution in [0.4, 0.5) is 0 Å². The van der Waals surface area contributed by atoms with Crippen LogP contribution in [0.1, 0.15) is 78.6 Å². The molecule has 84 valence electrons. The molecule has 0 rings (SSSR count). The van der Waals surface area contributed by atoms with Crippen LogP contribution >= 0.6 is 0 Å². The van der Waals surface area contributed by atoms with Gasteiger partial charge in [0.25, 0.3) is 0 Å². The van der Waals surface area contributed by atoms with E-state index < -0.39 is 0 Å². The van der Waals surface area contributed by atoms with Gasteiger partial charge in [-0.2, -0.15) is 0 Å². The third-order valence-corrected chi connectivity index (χ3v) is 2.80. The molecule has 0 heteroatoms. The fourth-order valence-corrected chi connectivity index (χ4v) is 1.70. The van der Waals surface area contributed by atoms with E-state index in [9.17, 15) is 0 Å². The Kier molecular flexibility index (Phi) is 10.6. The van der Waals surface area contributed by atoms with Gasteiger partial charge in [0.2, 0.25) is 0 Å². The minimum atomic E-state index is 1.26. The Morgan fingerprint density at radius 2 is 1.57 bits per heavy atom. The van der Waals surface area contributed by atoms with Crippen molar-refractivity contribution in [1.29, 1.82) is 0 Å². The van der Waals surface area contributed by atoms with Crippen LogP contribution < -0.4 is 0 Å². The smallest absolute Gasteiger partial charge is 0.0321 e. The van der Waals surface area contributed by atoms with E-state index in [-0.39, 0.29) is 0 Å². The zero-order valence-corrected chi connectivity index (χ0v) is 10.4. The third-order valence-electron chi connectivity index (χ3n) is 2.80. The molecule has 0 saturated carbocycles. The maximum Gasteiger partial charge on any atom is -0.0321 e. The van der Waals surface area contributed by atoms with Crippen molar-refractivity contribution in [2.45, 2.75) is 78.6 Å². The Hall–Kier alpha value is -0.260. The van der Waals surface area contributed by atoms with Gasteiger partial charge in [-0.1, -0.05) is 58.1 Å². The van der Waals surface area contributed by atoms with Crippen LogP contribution in [0, 0.1) is 0 Å². The summed E-state index contributed by atoms with van der Waals surface area (Å²) in [5.41, 5.74) is 1.68. The Labute approximate surface area is 90.8 Å². The van der Waals surface area contributed by atoms with Crippen molar-refractivity contribution >= 4 is 0 Å². The topological polar surface area (TPSA) is 0 Å². The Bertz CT molecular complexity index is 133. The lowest BCUT2D eigenvalue weighted by Crippen LogP contribution is -1.83. The van der Waals surface area contributed by atoms with E-state index in [1.54, 1.807) is 5.57 Å². The highest BCUT2D eigenvalue weighted by molar-refractivity contribution is 5.00. The van der Waals surface area contributed by atoms with E-state index in [2.05, 4.69) is 26.8 Å². The number of hydrogen-bond donors (Lipinski definition) is 0. The number of hydrogen-bond acceptors (Lipinski definition) is 0. The van der Waals surface area contributed by atoms with Crippen LogP contribution in [0.25, 0.3) is 0 Å². The van der Waals surface area contributed by atoms with Gasteiger partial charge in [-0.05, 0) is 32.1 Å². The van der Waals surface area contributed by atoms with Crippen molar-refractivity contribution in [2.75, 3.05) is 0 Å². The first-order chi connectivity index (χ1) is 6.85. The highest BCUT2D eigenvalue weighted by Crippen LogP contribution is 2.13. The summed E-state index contributed by atoms with van der Waals surface area (Å²) in [6.45, 7) is 6.83. The fourth-order valence-electron chi connectivity index (χ4n) is 1.70. The summed E-state index contributed by atoms with van der Waals surface area (Å²) in [5.74, 6) is 0. The highest BCUT2D eigenvalue weighted by Gasteiger charge is 1.93. The molecule has 0 aliphatic rings. The quantitative estimate of drug-likeness (QED) is 0.338. The highest BCUT2D eigenvalue weighted by atomic mass is 14.0. The van der Waals surface area contributed by atoms with Crippen LogP contribution in [0.2, 0.25) is 0 Å². The van der Waals surface area contributed by atoms with Gasteiger partial charge in [0.1, 0.15) is 0 Å². The second-order valence-corrected chi connectivity index (χ2v) is 4.17. The maximum atomic E-state index is 2.49. The average molecular weight is 196 g/mol. The maximum absolute atomic E-state index is 2.49. The van der Waals surface area contributed by atoms with Crippen molar-refractivity contribution in [3.05, 3.63) is 11.6 Å². The Morgan fingerprint density at radius 3 is 2.14 bits per heavy atom. The molecule has 0 nitrogen and oxygen atoms in total. The summed E-state index contributed by atoms with van der Waals surface area (Å²) < 4.78 is 0. The molecule has 0 aliphatic heterocycles. The lowest BCUT2D eigenvalue weighted by atomic mass is 10.0. The lowest BCUT2D eigenvalue weighted by molar-refractivity contribution is 0.669. The summed E-state index contributed by atoms with van der Waals surface area (Å²) in [4.78, 5) is 0. The van der Waals surface area contributed by atoms with E-state index in [4.69, 9.17) is 0 Å². The SMILES string of the molecule is CCCCCCC=C(CC)CCCC. The van der Waals surface area contributed by atoms with Gasteiger partial charge >= 0.3 is 0 Å². The Morgan fingerprint density at radius 1 is 0.857 bits per heavy atom. The van der Waals surface area contributed by atoms with Crippen molar-refractivity contribution in [1.82, 2.24) is 0 Å². The molecular weight excluding hydrogens is 168 g/mol. The summed E-state index contributed by atoms with van der Waals surface area (Å²) in [6, 6.07) is 0. The van der Waals surface area contributed by atoms with Crippen molar-refractivity contribution in [3.8, 4) is 0 Å². The molecule has 0 aromatic heterocycles. The summed E-state index contributed by atoms with van der Waals surface area (Å²) in [6.07, 6.45) is 14.7. The van der Waals surface area contributed by atoms with Gasteiger partial charge in [-0.3, -0.25) is 0 Å². The molecule has 0 saturated heterocycles. The van der Waals surface area contributed by atoms with Gasteiger partial charge in [-0.25, -0.2) is 0 Å². The lowest BCUT2D eigenvalue weighted by Gasteiger charge is -2.03. The van der Waals surface area contributed by atoms with Gasteiger partial charge < -0.3 is 0 Å². The summed E-state index contributed by atoms with van der Waals surface area (Å²) >= 11 is 0. The summed E-state index contributed by atoms with van der Waals surface area (Å²) in [7, 11) is 0. The zero-order chi connectivity index (χ0) is 10.6. The number of rotatable bonds is 9. The van der Waals surface area contributed by atoms with Gasteiger partial charge in [-0.15, -0.1) is 0 Å². The minimum absolute atomic E-state index is 1.26. The fraction of sp³-hybridized carbons (Fsp3) is 0.857. The van der Waals surface area contributed by atoms with Gasteiger partial charge in [0.15, 0.2) is 0 Å². The minimum Gasteiger partial charge on any atom is -0.0853 e. The zero-order valence-electron chi connectivity index (χ0n) is 10.4. The van der Waals surface area contributed by atoms with Gasteiger partial charge in [0, 0.05) is 0 Å². The number of allylic oxidation sites excluding steroid dienone is 2. The molecule has 0 aliphatic carbocycles. The van der Waals surface area contributed by atoms with E-state index in [0.717, 1.165) is 0 Å².